The van der Waals surface area contributed by atoms with E-state index in [2.05, 4.69) is 19.1 Å². The molecule has 0 spiro atoms. The van der Waals surface area contributed by atoms with Crippen molar-refractivity contribution in [2.75, 3.05) is 13.7 Å². The van der Waals surface area contributed by atoms with Crippen molar-refractivity contribution in [2.24, 2.45) is 0 Å². The van der Waals surface area contributed by atoms with Gasteiger partial charge in [-0.1, -0.05) is 43.3 Å². The van der Waals surface area contributed by atoms with Crippen molar-refractivity contribution >= 4 is 0 Å². The van der Waals surface area contributed by atoms with Crippen molar-refractivity contribution in [1.29, 1.82) is 5.26 Å². The van der Waals surface area contributed by atoms with Crippen LogP contribution >= 0.6 is 0 Å². The lowest BCUT2D eigenvalue weighted by Crippen LogP contribution is -2.04. The summed E-state index contributed by atoms with van der Waals surface area (Å²) in [5.74, 6) is 1.55. The Balaban J connectivity index is 1.91. The average Bonchev–Trinajstić information content (AvgIpc) is 2.62. The van der Waals surface area contributed by atoms with Gasteiger partial charge in [0.25, 0.3) is 0 Å². The number of hydrogen-bond acceptors (Lipinski definition) is 3. The first-order chi connectivity index (χ1) is 11.3. The molecule has 0 heterocycles. The zero-order chi connectivity index (χ0) is 16.5. The van der Waals surface area contributed by atoms with Gasteiger partial charge in [-0.3, -0.25) is 0 Å². The Bertz CT molecular complexity index is 661. The zero-order valence-electron chi connectivity index (χ0n) is 13.8. The van der Waals surface area contributed by atoms with Crippen LogP contribution in [0, 0.1) is 11.3 Å². The van der Waals surface area contributed by atoms with Gasteiger partial charge in [-0.05, 0) is 37.0 Å². The summed E-state index contributed by atoms with van der Waals surface area (Å²) in [5.41, 5.74) is 2.17. The molecule has 0 saturated heterocycles. The van der Waals surface area contributed by atoms with Crippen molar-refractivity contribution in [3.05, 3.63) is 59.7 Å². The van der Waals surface area contributed by atoms with Crippen LogP contribution in [-0.4, -0.2) is 13.7 Å². The Labute approximate surface area is 138 Å². The molecular weight excluding hydrogens is 286 g/mol. The van der Waals surface area contributed by atoms with Gasteiger partial charge in [-0.2, -0.15) is 5.26 Å². The van der Waals surface area contributed by atoms with Crippen molar-refractivity contribution in [3.63, 3.8) is 0 Å². The summed E-state index contributed by atoms with van der Waals surface area (Å²) in [4.78, 5) is 0. The van der Waals surface area contributed by atoms with Gasteiger partial charge in [0, 0.05) is 5.56 Å². The Kier molecular flexibility index (Phi) is 6.50. The molecule has 0 bridgehead atoms. The molecule has 0 aliphatic heterocycles. The standard InChI is InChI=1S/C20H23NO2/c1-3-16-9-4-6-12-19(16)23-14-8-10-17(15-21)18-11-5-7-13-20(18)22-2/h4-7,9,11-13,17H,3,8,10,14H2,1-2H3. The second-order valence-corrected chi connectivity index (χ2v) is 5.38. The molecule has 2 aromatic rings. The lowest BCUT2D eigenvalue weighted by molar-refractivity contribution is 0.301. The molecule has 1 atom stereocenters. The molecule has 2 rings (SSSR count). The normalized spacial score (nSPS) is 11.5. The van der Waals surface area contributed by atoms with Crippen LogP contribution in [0.5, 0.6) is 11.5 Å². The van der Waals surface area contributed by atoms with E-state index in [4.69, 9.17) is 9.47 Å². The Morgan fingerprint density at radius 1 is 1.04 bits per heavy atom. The highest BCUT2D eigenvalue weighted by Gasteiger charge is 2.15. The van der Waals surface area contributed by atoms with Gasteiger partial charge in [0.05, 0.1) is 25.7 Å². The van der Waals surface area contributed by atoms with Crippen molar-refractivity contribution in [1.82, 2.24) is 0 Å². The third kappa shape index (κ3) is 4.50. The SMILES string of the molecule is CCc1ccccc1OCCCC(C#N)c1ccccc1OC. The first-order valence-electron chi connectivity index (χ1n) is 8.03. The maximum atomic E-state index is 9.45. The van der Waals surface area contributed by atoms with Crippen LogP contribution in [0.25, 0.3) is 0 Å². The maximum Gasteiger partial charge on any atom is 0.123 e. The summed E-state index contributed by atoms with van der Waals surface area (Å²) in [6.07, 6.45) is 2.54. The smallest absolute Gasteiger partial charge is 0.123 e. The second kappa shape index (κ2) is 8.85. The summed E-state index contributed by atoms with van der Waals surface area (Å²) >= 11 is 0. The lowest BCUT2D eigenvalue weighted by atomic mass is 9.95. The molecule has 2 aromatic carbocycles. The highest BCUT2D eigenvalue weighted by molar-refractivity contribution is 5.39. The second-order valence-electron chi connectivity index (χ2n) is 5.38. The fourth-order valence-corrected chi connectivity index (χ4v) is 2.65. The van der Waals surface area contributed by atoms with E-state index in [1.54, 1.807) is 7.11 Å². The summed E-state index contributed by atoms with van der Waals surface area (Å²) in [5, 5.41) is 9.45. The van der Waals surface area contributed by atoms with Crippen LogP contribution in [0.1, 0.15) is 36.8 Å². The van der Waals surface area contributed by atoms with E-state index in [-0.39, 0.29) is 5.92 Å². The number of benzene rings is 2. The fraction of sp³-hybridized carbons (Fsp3) is 0.350. The van der Waals surface area contributed by atoms with Gasteiger partial charge in [-0.15, -0.1) is 0 Å². The van der Waals surface area contributed by atoms with Crippen molar-refractivity contribution in [3.8, 4) is 17.6 Å². The molecule has 0 radical (unpaired) electrons. The molecule has 0 aliphatic carbocycles. The van der Waals surface area contributed by atoms with Gasteiger partial charge >= 0.3 is 0 Å². The van der Waals surface area contributed by atoms with Gasteiger partial charge in [0.2, 0.25) is 0 Å². The molecule has 0 fully saturated rings. The third-order valence-corrected chi connectivity index (χ3v) is 3.92. The molecule has 0 saturated carbocycles. The Morgan fingerprint density at radius 3 is 2.43 bits per heavy atom. The summed E-state index contributed by atoms with van der Waals surface area (Å²) in [6.45, 7) is 2.74. The van der Waals surface area contributed by atoms with Gasteiger partial charge in [0.15, 0.2) is 0 Å². The molecule has 120 valence electrons. The fourth-order valence-electron chi connectivity index (χ4n) is 2.65. The number of methoxy groups -OCH3 is 1. The van der Waals surface area contributed by atoms with Gasteiger partial charge in [-0.25, -0.2) is 0 Å². The predicted octanol–water partition coefficient (Wildman–Crippen LogP) is 4.72. The van der Waals surface area contributed by atoms with E-state index in [9.17, 15) is 5.26 Å². The summed E-state index contributed by atoms with van der Waals surface area (Å²) in [6, 6.07) is 18.2. The van der Waals surface area contributed by atoms with E-state index in [1.165, 1.54) is 5.56 Å². The first-order valence-corrected chi connectivity index (χ1v) is 8.03. The van der Waals surface area contributed by atoms with Crippen LogP contribution in [0.15, 0.2) is 48.5 Å². The minimum atomic E-state index is -0.170. The highest BCUT2D eigenvalue weighted by atomic mass is 16.5. The van der Waals surface area contributed by atoms with Crippen molar-refractivity contribution < 1.29 is 9.47 Å². The highest BCUT2D eigenvalue weighted by Crippen LogP contribution is 2.29. The topological polar surface area (TPSA) is 42.2 Å². The van der Waals surface area contributed by atoms with Crippen molar-refractivity contribution in [2.45, 2.75) is 32.1 Å². The first kappa shape index (κ1) is 16.9. The summed E-state index contributed by atoms with van der Waals surface area (Å²) < 4.78 is 11.2. The minimum absolute atomic E-state index is 0.170. The number of para-hydroxylation sites is 2. The molecule has 23 heavy (non-hydrogen) atoms. The predicted molar refractivity (Wildman–Crippen MR) is 91.9 cm³/mol. The molecular formula is C20H23NO2. The molecule has 1 unspecified atom stereocenters. The number of ether oxygens (including phenoxy) is 2. The average molecular weight is 309 g/mol. The van der Waals surface area contributed by atoms with E-state index < -0.39 is 0 Å². The molecule has 0 aromatic heterocycles. The van der Waals surface area contributed by atoms with E-state index in [1.807, 2.05) is 42.5 Å². The molecule has 3 nitrogen and oxygen atoms in total. The number of nitrogens with zero attached hydrogens (tertiary/aromatic N) is 1. The van der Waals surface area contributed by atoms with Crippen LogP contribution in [-0.2, 0) is 6.42 Å². The Morgan fingerprint density at radius 2 is 1.74 bits per heavy atom. The van der Waals surface area contributed by atoms with Gasteiger partial charge in [0.1, 0.15) is 11.5 Å². The number of hydrogen-bond donors (Lipinski definition) is 0. The summed E-state index contributed by atoms with van der Waals surface area (Å²) in [7, 11) is 1.64. The minimum Gasteiger partial charge on any atom is -0.496 e. The number of rotatable bonds is 8. The van der Waals surface area contributed by atoms with E-state index >= 15 is 0 Å². The zero-order valence-corrected chi connectivity index (χ0v) is 13.8. The lowest BCUT2D eigenvalue weighted by Gasteiger charge is -2.14. The van der Waals surface area contributed by atoms with Gasteiger partial charge < -0.3 is 9.47 Å². The van der Waals surface area contributed by atoms with Crippen LogP contribution in [0.2, 0.25) is 0 Å². The molecule has 3 heteroatoms. The molecule has 0 N–H and O–H groups in total. The quantitative estimate of drug-likeness (QED) is 0.662. The van der Waals surface area contributed by atoms with Crippen LogP contribution in [0.4, 0.5) is 0 Å². The monoisotopic (exact) mass is 309 g/mol. The number of aryl methyl sites for hydroxylation is 1. The largest absolute Gasteiger partial charge is 0.496 e. The van der Waals surface area contributed by atoms with Crippen LogP contribution in [0.3, 0.4) is 0 Å². The van der Waals surface area contributed by atoms with E-state index in [0.717, 1.165) is 36.3 Å². The molecule has 0 amide bonds. The number of nitriles is 1. The van der Waals surface area contributed by atoms with E-state index in [0.29, 0.717) is 6.61 Å². The molecule has 0 aliphatic rings. The maximum absolute atomic E-state index is 9.45. The van der Waals surface area contributed by atoms with Crippen LogP contribution < -0.4 is 9.47 Å². The third-order valence-electron chi connectivity index (χ3n) is 3.92. The Hall–Kier alpha value is -2.47.